The van der Waals surface area contributed by atoms with Gasteiger partial charge < -0.3 is 5.11 Å². The maximum atomic E-state index is 9.96. The molecule has 4 nitrogen and oxygen atoms in total. The largest absolute Gasteiger partial charge is 0.389 e. The SMILES string of the molecule is CC1(O)CCN(Cc2ccn(-c3ccccc3)n2)C1. The number of rotatable bonds is 3. The molecule has 1 aliphatic rings. The van der Waals surface area contributed by atoms with Crippen molar-refractivity contribution in [3.8, 4) is 5.69 Å². The summed E-state index contributed by atoms with van der Waals surface area (Å²) in [6.45, 7) is 4.36. The zero-order valence-electron chi connectivity index (χ0n) is 11.2. The molecule has 1 atom stereocenters. The summed E-state index contributed by atoms with van der Waals surface area (Å²) in [5, 5.41) is 14.5. The molecule has 19 heavy (non-hydrogen) atoms. The van der Waals surface area contributed by atoms with Crippen molar-refractivity contribution in [3.63, 3.8) is 0 Å². The van der Waals surface area contributed by atoms with Crippen LogP contribution in [0.15, 0.2) is 42.6 Å². The Balaban J connectivity index is 1.69. The minimum atomic E-state index is -0.540. The fraction of sp³-hybridized carbons (Fsp3) is 0.400. The van der Waals surface area contributed by atoms with Gasteiger partial charge in [0.25, 0.3) is 0 Å². The van der Waals surface area contributed by atoms with E-state index in [0.29, 0.717) is 0 Å². The van der Waals surface area contributed by atoms with Gasteiger partial charge in [0, 0.05) is 25.8 Å². The first-order chi connectivity index (χ1) is 9.12. The van der Waals surface area contributed by atoms with Gasteiger partial charge >= 0.3 is 0 Å². The minimum absolute atomic E-state index is 0.540. The first-order valence-electron chi connectivity index (χ1n) is 6.67. The molecule has 0 aliphatic carbocycles. The molecule has 1 aromatic carbocycles. The normalized spacial score (nSPS) is 23.9. The van der Waals surface area contributed by atoms with Gasteiger partial charge in [-0.25, -0.2) is 4.68 Å². The van der Waals surface area contributed by atoms with E-state index in [4.69, 9.17) is 0 Å². The van der Waals surface area contributed by atoms with Gasteiger partial charge in [-0.15, -0.1) is 0 Å². The summed E-state index contributed by atoms with van der Waals surface area (Å²) >= 11 is 0. The lowest BCUT2D eigenvalue weighted by Gasteiger charge is -2.17. The zero-order valence-corrected chi connectivity index (χ0v) is 11.2. The second kappa shape index (κ2) is 4.79. The van der Waals surface area contributed by atoms with Gasteiger partial charge in [-0.3, -0.25) is 4.90 Å². The molecule has 1 N–H and O–H groups in total. The Hall–Kier alpha value is -1.65. The van der Waals surface area contributed by atoms with E-state index in [2.05, 4.69) is 10.00 Å². The van der Waals surface area contributed by atoms with Crippen LogP contribution in [-0.4, -0.2) is 38.5 Å². The van der Waals surface area contributed by atoms with E-state index in [1.54, 1.807) is 0 Å². The van der Waals surface area contributed by atoms with Crippen LogP contribution in [0.5, 0.6) is 0 Å². The number of likely N-dealkylation sites (tertiary alicyclic amines) is 1. The molecule has 0 radical (unpaired) electrons. The quantitative estimate of drug-likeness (QED) is 0.912. The van der Waals surface area contributed by atoms with E-state index >= 15 is 0 Å². The highest BCUT2D eigenvalue weighted by Gasteiger charge is 2.31. The molecule has 1 saturated heterocycles. The molecule has 0 spiro atoms. The number of aromatic nitrogens is 2. The average Bonchev–Trinajstić information content (AvgIpc) is 2.98. The maximum Gasteiger partial charge on any atom is 0.0769 e. The molecule has 100 valence electrons. The Kier molecular flexibility index (Phi) is 3.12. The third-order valence-corrected chi connectivity index (χ3v) is 3.58. The molecular formula is C15H19N3O. The third-order valence-electron chi connectivity index (χ3n) is 3.58. The molecule has 0 bridgehead atoms. The van der Waals surface area contributed by atoms with Crippen LogP contribution in [-0.2, 0) is 6.54 Å². The van der Waals surface area contributed by atoms with Crippen molar-refractivity contribution in [2.24, 2.45) is 0 Å². The smallest absolute Gasteiger partial charge is 0.0769 e. The lowest BCUT2D eigenvalue weighted by molar-refractivity contribution is 0.0677. The van der Waals surface area contributed by atoms with Crippen molar-refractivity contribution in [2.45, 2.75) is 25.5 Å². The van der Waals surface area contributed by atoms with E-state index in [-0.39, 0.29) is 0 Å². The van der Waals surface area contributed by atoms with Gasteiger partial charge in [0.2, 0.25) is 0 Å². The molecule has 1 aromatic heterocycles. The standard InChI is InChI=1S/C15H19N3O/c1-15(19)8-10-17(12-15)11-13-7-9-18(16-13)14-5-3-2-4-6-14/h2-7,9,19H,8,10-12H2,1H3. The monoisotopic (exact) mass is 257 g/mol. The number of nitrogens with zero attached hydrogens (tertiary/aromatic N) is 3. The Morgan fingerprint density at radius 3 is 2.74 bits per heavy atom. The van der Waals surface area contributed by atoms with Crippen molar-refractivity contribution < 1.29 is 5.11 Å². The van der Waals surface area contributed by atoms with Crippen LogP contribution in [0.25, 0.3) is 5.69 Å². The van der Waals surface area contributed by atoms with E-state index in [9.17, 15) is 5.11 Å². The van der Waals surface area contributed by atoms with Gasteiger partial charge in [-0.05, 0) is 31.5 Å². The van der Waals surface area contributed by atoms with Crippen LogP contribution in [0.4, 0.5) is 0 Å². The van der Waals surface area contributed by atoms with Crippen molar-refractivity contribution in [1.82, 2.24) is 14.7 Å². The average molecular weight is 257 g/mol. The van der Waals surface area contributed by atoms with Crippen molar-refractivity contribution in [3.05, 3.63) is 48.3 Å². The summed E-state index contributed by atoms with van der Waals surface area (Å²) in [4.78, 5) is 2.25. The number of hydrogen-bond acceptors (Lipinski definition) is 3. The Morgan fingerprint density at radius 2 is 2.05 bits per heavy atom. The number of hydrogen-bond donors (Lipinski definition) is 1. The summed E-state index contributed by atoms with van der Waals surface area (Å²) in [6, 6.07) is 12.1. The summed E-state index contributed by atoms with van der Waals surface area (Å²) in [5.74, 6) is 0. The number of para-hydroxylation sites is 1. The maximum absolute atomic E-state index is 9.96. The Morgan fingerprint density at radius 1 is 1.26 bits per heavy atom. The second-order valence-corrected chi connectivity index (χ2v) is 5.54. The van der Waals surface area contributed by atoms with Crippen LogP contribution in [0, 0.1) is 0 Å². The first-order valence-corrected chi connectivity index (χ1v) is 6.67. The highest BCUT2D eigenvalue weighted by molar-refractivity contribution is 5.30. The predicted octanol–water partition coefficient (Wildman–Crippen LogP) is 1.83. The van der Waals surface area contributed by atoms with Crippen LogP contribution >= 0.6 is 0 Å². The Bertz CT molecular complexity index is 548. The summed E-state index contributed by atoms with van der Waals surface area (Å²) in [7, 11) is 0. The summed E-state index contributed by atoms with van der Waals surface area (Å²) < 4.78 is 1.89. The van der Waals surface area contributed by atoms with Crippen LogP contribution in [0.2, 0.25) is 0 Å². The zero-order chi connectivity index (χ0) is 13.3. The van der Waals surface area contributed by atoms with Gasteiger partial charge in [-0.2, -0.15) is 5.10 Å². The van der Waals surface area contributed by atoms with E-state index < -0.39 is 5.60 Å². The van der Waals surface area contributed by atoms with E-state index in [1.807, 2.05) is 54.2 Å². The van der Waals surface area contributed by atoms with Crippen LogP contribution in [0.1, 0.15) is 19.0 Å². The molecule has 1 aliphatic heterocycles. The van der Waals surface area contributed by atoms with Crippen molar-refractivity contribution >= 4 is 0 Å². The first kappa shape index (κ1) is 12.4. The molecule has 2 heterocycles. The molecule has 3 rings (SSSR count). The molecule has 1 unspecified atom stereocenters. The molecular weight excluding hydrogens is 238 g/mol. The molecule has 2 aromatic rings. The fourth-order valence-corrected chi connectivity index (χ4v) is 2.57. The summed E-state index contributed by atoms with van der Waals surface area (Å²) in [6.07, 6.45) is 2.82. The van der Waals surface area contributed by atoms with E-state index in [1.165, 1.54) is 0 Å². The molecule has 4 heteroatoms. The molecule has 1 fully saturated rings. The van der Waals surface area contributed by atoms with Crippen LogP contribution < -0.4 is 0 Å². The van der Waals surface area contributed by atoms with Gasteiger partial charge in [0.1, 0.15) is 0 Å². The van der Waals surface area contributed by atoms with Crippen LogP contribution in [0.3, 0.4) is 0 Å². The minimum Gasteiger partial charge on any atom is -0.389 e. The second-order valence-electron chi connectivity index (χ2n) is 5.54. The summed E-state index contributed by atoms with van der Waals surface area (Å²) in [5.41, 5.74) is 1.57. The highest BCUT2D eigenvalue weighted by atomic mass is 16.3. The number of aliphatic hydroxyl groups is 1. The van der Waals surface area contributed by atoms with Crippen molar-refractivity contribution in [2.75, 3.05) is 13.1 Å². The van der Waals surface area contributed by atoms with Crippen molar-refractivity contribution in [1.29, 1.82) is 0 Å². The molecule has 0 saturated carbocycles. The van der Waals surface area contributed by atoms with Gasteiger partial charge in [-0.1, -0.05) is 18.2 Å². The number of β-amino-alcohol motifs (C(OH)–C–C–N with tert-alkyl or cyclic N) is 1. The highest BCUT2D eigenvalue weighted by Crippen LogP contribution is 2.21. The lowest BCUT2D eigenvalue weighted by atomic mass is 10.1. The third kappa shape index (κ3) is 2.85. The topological polar surface area (TPSA) is 41.3 Å². The fourth-order valence-electron chi connectivity index (χ4n) is 2.57. The lowest BCUT2D eigenvalue weighted by Crippen LogP contribution is -2.29. The Labute approximate surface area is 113 Å². The molecule has 0 amide bonds. The van der Waals surface area contributed by atoms with Gasteiger partial charge in [0.05, 0.1) is 17.0 Å². The van der Waals surface area contributed by atoms with E-state index in [0.717, 1.165) is 37.4 Å². The number of benzene rings is 1. The van der Waals surface area contributed by atoms with Gasteiger partial charge in [0.15, 0.2) is 0 Å². The predicted molar refractivity (Wildman–Crippen MR) is 74.1 cm³/mol.